The van der Waals surface area contributed by atoms with Gasteiger partial charge in [0.2, 0.25) is 0 Å². The molecule has 1 fully saturated rings. The molecule has 1 aromatic carbocycles. The summed E-state index contributed by atoms with van der Waals surface area (Å²) < 4.78 is 13.7. The first-order chi connectivity index (χ1) is 13.0. The van der Waals surface area contributed by atoms with Crippen molar-refractivity contribution in [1.82, 2.24) is 21.1 Å². The zero-order chi connectivity index (χ0) is 21.1. The Kier molecular flexibility index (Phi) is 6.87. The summed E-state index contributed by atoms with van der Waals surface area (Å²) in [6.07, 6.45) is -0.333. The second kappa shape index (κ2) is 8.76. The van der Waals surface area contributed by atoms with Crippen molar-refractivity contribution in [2.75, 3.05) is 13.1 Å². The molecular weight excluding hydrogens is 435 g/mol. The number of rotatable bonds is 3. The van der Waals surface area contributed by atoms with Gasteiger partial charge in [-0.1, -0.05) is 20.8 Å². The van der Waals surface area contributed by atoms with Crippen molar-refractivity contribution in [3.63, 3.8) is 0 Å². The number of hydrazine groups is 1. The quantitative estimate of drug-likeness (QED) is 0.521. The van der Waals surface area contributed by atoms with E-state index in [9.17, 15) is 23.9 Å². The van der Waals surface area contributed by atoms with Crippen molar-refractivity contribution in [1.29, 1.82) is 0 Å². The lowest BCUT2D eigenvalue weighted by atomic mass is 9.79. The molecule has 1 aromatic rings. The average molecular weight is 459 g/mol. The van der Waals surface area contributed by atoms with Crippen LogP contribution in [0.4, 0.5) is 14.0 Å². The van der Waals surface area contributed by atoms with Crippen LogP contribution >= 0.6 is 15.9 Å². The van der Waals surface area contributed by atoms with Crippen LogP contribution in [0.3, 0.4) is 0 Å². The summed E-state index contributed by atoms with van der Waals surface area (Å²) >= 11 is 3.00. The zero-order valence-corrected chi connectivity index (χ0v) is 17.5. The molecule has 10 heteroatoms. The number of carbonyl (C=O) groups excluding carboxylic acids is 2. The van der Waals surface area contributed by atoms with Crippen LogP contribution in [0.15, 0.2) is 22.7 Å². The van der Waals surface area contributed by atoms with E-state index in [0.717, 1.165) is 6.07 Å². The molecule has 0 aromatic heterocycles. The lowest BCUT2D eigenvalue weighted by Crippen LogP contribution is -2.51. The van der Waals surface area contributed by atoms with Gasteiger partial charge in [0.1, 0.15) is 5.82 Å². The third-order valence-electron chi connectivity index (χ3n) is 4.65. The number of carbonyl (C=O) groups is 3. The molecule has 0 aliphatic carbocycles. The van der Waals surface area contributed by atoms with Gasteiger partial charge in [0.05, 0.1) is 4.47 Å². The SMILES string of the molecule is CC(C)(C)C1[C@H](CNC(=O)NNC(=O)c2ccc(Br)c(F)c2)CCN1C(=O)O. The number of nitrogens with zero attached hydrogens (tertiary/aromatic N) is 1. The molecule has 1 aliphatic rings. The van der Waals surface area contributed by atoms with E-state index in [-0.39, 0.29) is 34.0 Å². The first-order valence-corrected chi connectivity index (χ1v) is 9.59. The van der Waals surface area contributed by atoms with Gasteiger partial charge in [-0.3, -0.25) is 10.2 Å². The molecule has 1 aliphatic heterocycles. The highest BCUT2D eigenvalue weighted by molar-refractivity contribution is 9.10. The lowest BCUT2D eigenvalue weighted by molar-refractivity contribution is 0.0903. The molecule has 8 nitrogen and oxygen atoms in total. The van der Waals surface area contributed by atoms with E-state index >= 15 is 0 Å². The Morgan fingerprint density at radius 3 is 2.54 bits per heavy atom. The van der Waals surface area contributed by atoms with Crippen molar-refractivity contribution in [3.8, 4) is 0 Å². The van der Waals surface area contributed by atoms with E-state index in [1.54, 1.807) is 0 Å². The van der Waals surface area contributed by atoms with E-state index in [0.29, 0.717) is 13.0 Å². The minimum Gasteiger partial charge on any atom is -0.465 e. The van der Waals surface area contributed by atoms with Crippen molar-refractivity contribution < 1.29 is 23.9 Å². The first kappa shape index (κ1) is 21.9. The fourth-order valence-electron chi connectivity index (χ4n) is 3.55. The van der Waals surface area contributed by atoms with E-state index in [1.165, 1.54) is 17.0 Å². The van der Waals surface area contributed by atoms with Gasteiger partial charge in [-0.05, 0) is 51.9 Å². The predicted molar refractivity (Wildman–Crippen MR) is 104 cm³/mol. The number of amides is 4. The Balaban J connectivity index is 1.87. The maximum absolute atomic E-state index is 13.5. The number of likely N-dealkylation sites (tertiary alicyclic amines) is 1. The molecule has 0 radical (unpaired) electrons. The summed E-state index contributed by atoms with van der Waals surface area (Å²) in [6, 6.07) is 2.99. The largest absolute Gasteiger partial charge is 0.465 e. The smallest absolute Gasteiger partial charge is 0.407 e. The Hall–Kier alpha value is -2.36. The molecule has 0 spiro atoms. The van der Waals surface area contributed by atoms with Crippen molar-refractivity contribution in [2.24, 2.45) is 11.3 Å². The highest BCUT2D eigenvalue weighted by Gasteiger charge is 2.43. The summed E-state index contributed by atoms with van der Waals surface area (Å²) in [6.45, 7) is 6.56. The van der Waals surface area contributed by atoms with Crippen LogP contribution in [0.25, 0.3) is 0 Å². The summed E-state index contributed by atoms with van der Waals surface area (Å²) in [5, 5.41) is 12.0. The fourth-order valence-corrected chi connectivity index (χ4v) is 3.80. The molecule has 0 saturated carbocycles. The van der Waals surface area contributed by atoms with Crippen LogP contribution in [-0.2, 0) is 0 Å². The topological polar surface area (TPSA) is 111 Å². The Labute approximate surface area is 170 Å². The summed E-state index contributed by atoms with van der Waals surface area (Å²) in [4.78, 5) is 36.8. The molecule has 0 bridgehead atoms. The normalized spacial score (nSPS) is 19.2. The van der Waals surface area contributed by atoms with Crippen molar-refractivity contribution in [2.45, 2.75) is 33.2 Å². The zero-order valence-electron chi connectivity index (χ0n) is 15.9. The van der Waals surface area contributed by atoms with Gasteiger partial charge in [-0.2, -0.15) is 0 Å². The molecule has 2 rings (SSSR count). The van der Waals surface area contributed by atoms with Crippen LogP contribution in [0.2, 0.25) is 0 Å². The lowest BCUT2D eigenvalue weighted by Gasteiger charge is -2.37. The van der Waals surface area contributed by atoms with Gasteiger partial charge in [0, 0.05) is 24.7 Å². The highest BCUT2D eigenvalue weighted by atomic mass is 79.9. The van der Waals surface area contributed by atoms with E-state index < -0.39 is 23.8 Å². The van der Waals surface area contributed by atoms with Gasteiger partial charge in [0.25, 0.3) is 5.91 Å². The molecule has 1 saturated heterocycles. The summed E-state index contributed by atoms with van der Waals surface area (Å²) in [5.41, 5.74) is 4.19. The van der Waals surface area contributed by atoms with Crippen LogP contribution in [0, 0.1) is 17.2 Å². The minimum absolute atomic E-state index is 0.0434. The number of halogens is 2. The van der Waals surface area contributed by atoms with E-state index in [1.807, 2.05) is 20.8 Å². The van der Waals surface area contributed by atoms with Crippen LogP contribution in [0.1, 0.15) is 37.6 Å². The number of carboxylic acid groups (broad SMARTS) is 1. The van der Waals surface area contributed by atoms with E-state index in [2.05, 4.69) is 32.1 Å². The molecule has 4 amide bonds. The molecule has 4 N–H and O–H groups in total. The monoisotopic (exact) mass is 458 g/mol. The molecule has 2 atom stereocenters. The fraction of sp³-hybridized carbons (Fsp3) is 0.500. The molecule has 154 valence electrons. The van der Waals surface area contributed by atoms with Gasteiger partial charge in [-0.25, -0.2) is 19.4 Å². The van der Waals surface area contributed by atoms with Crippen LogP contribution in [0.5, 0.6) is 0 Å². The van der Waals surface area contributed by atoms with Crippen LogP contribution in [-0.4, -0.2) is 47.2 Å². The average Bonchev–Trinajstić information content (AvgIpc) is 3.05. The number of nitrogens with one attached hydrogen (secondary N) is 3. The third-order valence-corrected chi connectivity index (χ3v) is 5.30. The Morgan fingerprint density at radius 2 is 1.96 bits per heavy atom. The van der Waals surface area contributed by atoms with Gasteiger partial charge < -0.3 is 15.3 Å². The van der Waals surface area contributed by atoms with Crippen molar-refractivity contribution in [3.05, 3.63) is 34.1 Å². The standard InChI is InChI=1S/C18H24BrFN4O4/c1-18(2,3)14-11(6-7-24(14)17(27)28)9-21-16(26)23-22-15(25)10-4-5-12(19)13(20)8-10/h4-5,8,11,14H,6-7,9H2,1-3H3,(H,22,25)(H,27,28)(H2,21,23,26)/t11-,14?/m0/s1. The highest BCUT2D eigenvalue weighted by Crippen LogP contribution is 2.36. The summed E-state index contributed by atoms with van der Waals surface area (Å²) in [5.74, 6) is -1.29. The second-order valence-electron chi connectivity index (χ2n) is 7.75. The number of hydrogen-bond acceptors (Lipinski definition) is 3. The first-order valence-electron chi connectivity index (χ1n) is 8.79. The Morgan fingerprint density at radius 1 is 1.29 bits per heavy atom. The second-order valence-corrected chi connectivity index (χ2v) is 8.61. The summed E-state index contributed by atoms with van der Waals surface area (Å²) in [7, 11) is 0. The maximum atomic E-state index is 13.5. The van der Waals surface area contributed by atoms with Crippen LogP contribution < -0.4 is 16.2 Å². The molecule has 1 unspecified atom stereocenters. The van der Waals surface area contributed by atoms with Gasteiger partial charge in [-0.15, -0.1) is 0 Å². The minimum atomic E-state index is -0.971. The van der Waals surface area contributed by atoms with Crippen molar-refractivity contribution >= 4 is 34.0 Å². The molecule has 28 heavy (non-hydrogen) atoms. The number of benzene rings is 1. The van der Waals surface area contributed by atoms with E-state index in [4.69, 9.17) is 0 Å². The predicted octanol–water partition coefficient (Wildman–Crippen LogP) is 2.95. The molecular formula is C18H24BrFN4O4. The van der Waals surface area contributed by atoms with Gasteiger partial charge in [0.15, 0.2) is 0 Å². The molecule has 1 heterocycles. The van der Waals surface area contributed by atoms with Gasteiger partial charge >= 0.3 is 12.1 Å². The number of hydrogen-bond donors (Lipinski definition) is 4. The maximum Gasteiger partial charge on any atom is 0.407 e. The Bertz CT molecular complexity index is 768. The third kappa shape index (κ3) is 5.34. The number of urea groups is 1.